The monoisotopic (exact) mass is 607 g/mol. The van der Waals surface area contributed by atoms with Gasteiger partial charge in [0.1, 0.15) is 17.3 Å². The highest BCUT2D eigenvalue weighted by Gasteiger charge is 2.65. The first-order chi connectivity index (χ1) is 20.4. The van der Waals surface area contributed by atoms with Crippen LogP contribution in [0.25, 0.3) is 16.9 Å². The maximum Gasteiger partial charge on any atom is 0.255 e. The van der Waals surface area contributed by atoms with Crippen molar-refractivity contribution in [2.75, 3.05) is 39.0 Å². The molecule has 0 N–H and O–H groups in total. The van der Waals surface area contributed by atoms with Gasteiger partial charge in [0.2, 0.25) is 10.0 Å². The lowest BCUT2D eigenvalue weighted by atomic mass is 9.70. The van der Waals surface area contributed by atoms with Crippen LogP contribution in [-0.4, -0.2) is 72.9 Å². The average molecular weight is 608 g/mol. The standard InChI is InChI=1S/C33H38FN3O5S/c1-22-26(20-29(23-9-11-25(42-4)12-10-23)37(22)28-8-6-5-7-27(28)34)31(39)35-15-17-36(18-16-35)43(40,41)21-33-14-13-24(19-30(33)38)32(33,2)3/h5-12,20,24H,13-19,21H2,1-4H3. The van der Waals surface area contributed by atoms with E-state index in [4.69, 9.17) is 4.74 Å². The first-order valence-electron chi connectivity index (χ1n) is 14.8. The number of carbonyl (C=O) groups is 2. The van der Waals surface area contributed by atoms with Crippen LogP contribution in [0.4, 0.5) is 4.39 Å². The number of para-hydroxylation sites is 1. The highest BCUT2D eigenvalue weighted by molar-refractivity contribution is 7.89. The summed E-state index contributed by atoms with van der Waals surface area (Å²) in [5.41, 5.74) is 1.65. The van der Waals surface area contributed by atoms with Gasteiger partial charge in [-0.3, -0.25) is 9.59 Å². The van der Waals surface area contributed by atoms with E-state index < -0.39 is 21.3 Å². The third kappa shape index (κ3) is 4.70. The summed E-state index contributed by atoms with van der Waals surface area (Å²) < 4.78 is 50.8. The minimum absolute atomic E-state index is 0.0774. The molecular weight excluding hydrogens is 569 g/mol. The number of hydrogen-bond donors (Lipinski definition) is 0. The molecule has 3 aromatic rings. The molecule has 1 amide bonds. The minimum atomic E-state index is -3.70. The van der Waals surface area contributed by atoms with Gasteiger partial charge < -0.3 is 14.2 Å². The highest BCUT2D eigenvalue weighted by atomic mass is 32.2. The van der Waals surface area contributed by atoms with Gasteiger partial charge in [0.05, 0.1) is 29.8 Å². The van der Waals surface area contributed by atoms with E-state index in [1.807, 2.05) is 38.1 Å². The van der Waals surface area contributed by atoms with Crippen LogP contribution in [-0.2, 0) is 14.8 Å². The van der Waals surface area contributed by atoms with Crippen molar-refractivity contribution in [3.05, 3.63) is 71.7 Å². The summed E-state index contributed by atoms with van der Waals surface area (Å²) >= 11 is 0. The Morgan fingerprint density at radius 3 is 2.30 bits per heavy atom. The molecule has 1 aliphatic heterocycles. The fourth-order valence-corrected chi connectivity index (χ4v) is 9.79. The Kier molecular flexibility index (Phi) is 7.28. The van der Waals surface area contributed by atoms with Crippen molar-refractivity contribution in [1.82, 2.24) is 13.8 Å². The number of methoxy groups -OCH3 is 1. The number of rotatable bonds is 7. The lowest BCUT2D eigenvalue weighted by molar-refractivity contribution is -0.128. The number of sulfonamides is 1. The molecule has 2 bridgehead atoms. The Morgan fingerprint density at radius 1 is 1.05 bits per heavy atom. The molecule has 228 valence electrons. The van der Waals surface area contributed by atoms with Crippen molar-refractivity contribution < 1.29 is 27.1 Å². The zero-order valence-electron chi connectivity index (χ0n) is 25.1. The third-order valence-corrected chi connectivity index (χ3v) is 12.5. The minimum Gasteiger partial charge on any atom is -0.497 e. The van der Waals surface area contributed by atoms with Crippen LogP contribution in [0.15, 0.2) is 54.6 Å². The lowest BCUT2D eigenvalue weighted by Gasteiger charge is -2.39. The summed E-state index contributed by atoms with van der Waals surface area (Å²) in [4.78, 5) is 28.5. The number of fused-ring (bicyclic) bond motifs is 2. The molecule has 2 unspecified atom stereocenters. The molecule has 3 aliphatic rings. The van der Waals surface area contributed by atoms with Gasteiger partial charge in [0, 0.05) is 43.7 Å². The van der Waals surface area contributed by atoms with Gasteiger partial charge in [-0.25, -0.2) is 12.8 Å². The van der Waals surface area contributed by atoms with Crippen molar-refractivity contribution in [1.29, 1.82) is 0 Å². The fraction of sp³-hybridized carbons (Fsp3) is 0.455. The summed E-state index contributed by atoms with van der Waals surface area (Å²) in [6.45, 7) is 6.67. The lowest BCUT2D eigenvalue weighted by Crippen LogP contribution is -2.53. The van der Waals surface area contributed by atoms with Crippen LogP contribution in [0.5, 0.6) is 5.75 Å². The first-order valence-corrected chi connectivity index (χ1v) is 16.4. The Hall–Kier alpha value is -3.50. The van der Waals surface area contributed by atoms with Crippen molar-refractivity contribution in [3.8, 4) is 22.7 Å². The second-order valence-corrected chi connectivity index (χ2v) is 14.6. The van der Waals surface area contributed by atoms with Gasteiger partial charge in [0.15, 0.2) is 0 Å². The van der Waals surface area contributed by atoms with E-state index in [1.165, 1.54) is 10.4 Å². The first kappa shape index (κ1) is 29.6. The van der Waals surface area contributed by atoms with Crippen molar-refractivity contribution in [3.63, 3.8) is 0 Å². The van der Waals surface area contributed by atoms with Crippen LogP contribution in [0, 0.1) is 29.5 Å². The third-order valence-electron chi connectivity index (χ3n) is 10.4. The van der Waals surface area contributed by atoms with Gasteiger partial charge in [-0.15, -0.1) is 0 Å². The molecule has 2 saturated carbocycles. The zero-order chi connectivity index (χ0) is 30.7. The topological polar surface area (TPSA) is 88.9 Å². The Balaban J connectivity index is 1.24. The predicted molar refractivity (Wildman–Crippen MR) is 162 cm³/mol. The smallest absolute Gasteiger partial charge is 0.255 e. The number of amides is 1. The quantitative estimate of drug-likeness (QED) is 0.374. The fourth-order valence-electron chi connectivity index (χ4n) is 7.59. The molecule has 2 atom stereocenters. The number of halogens is 1. The van der Waals surface area contributed by atoms with E-state index in [1.54, 1.807) is 47.8 Å². The highest BCUT2D eigenvalue weighted by Crippen LogP contribution is 2.64. The number of hydrogen-bond acceptors (Lipinski definition) is 5. The number of Topliss-reactive ketones (excluding diaryl/α,β-unsaturated/α-hetero) is 1. The number of aromatic nitrogens is 1. The van der Waals surface area contributed by atoms with Gasteiger partial charge in [-0.1, -0.05) is 26.0 Å². The molecule has 10 heteroatoms. The second kappa shape index (κ2) is 10.6. The SMILES string of the molecule is COc1ccc(-c2cc(C(=O)N3CCN(S(=O)(=O)CC45CCC(CC4=O)C5(C)C)CC3)c(C)n2-c2ccccc2F)cc1. The van der Waals surface area contributed by atoms with E-state index in [0.29, 0.717) is 41.2 Å². The normalized spacial score (nSPS) is 23.6. The number of nitrogens with zero attached hydrogens (tertiary/aromatic N) is 3. The molecule has 8 nitrogen and oxygen atoms in total. The van der Waals surface area contributed by atoms with Crippen LogP contribution in [0.2, 0.25) is 0 Å². The molecule has 2 aromatic carbocycles. The summed E-state index contributed by atoms with van der Waals surface area (Å²) in [5.74, 6) is 0.198. The molecule has 0 radical (unpaired) electrons. The van der Waals surface area contributed by atoms with Crippen LogP contribution in [0.1, 0.15) is 49.2 Å². The molecule has 43 heavy (non-hydrogen) atoms. The zero-order valence-corrected chi connectivity index (χ0v) is 25.9. The summed E-state index contributed by atoms with van der Waals surface area (Å²) in [7, 11) is -2.12. The van der Waals surface area contributed by atoms with Gasteiger partial charge in [-0.05, 0) is 79.1 Å². The maximum absolute atomic E-state index is 15.0. The predicted octanol–water partition coefficient (Wildman–Crippen LogP) is 5.08. The molecule has 1 aromatic heterocycles. The van der Waals surface area contributed by atoms with Gasteiger partial charge >= 0.3 is 0 Å². The average Bonchev–Trinajstić information content (AvgIpc) is 3.52. The van der Waals surface area contributed by atoms with Crippen LogP contribution < -0.4 is 4.74 Å². The number of ether oxygens (including phenoxy) is 1. The number of piperazine rings is 1. The summed E-state index contributed by atoms with van der Waals surface area (Å²) in [6, 6.07) is 15.6. The van der Waals surface area contributed by atoms with Crippen molar-refractivity contribution >= 4 is 21.7 Å². The van der Waals surface area contributed by atoms with Gasteiger partial charge in [0.25, 0.3) is 5.91 Å². The summed E-state index contributed by atoms with van der Waals surface area (Å²) in [6.07, 6.45) is 1.98. The van der Waals surface area contributed by atoms with Crippen LogP contribution in [0.3, 0.4) is 0 Å². The maximum atomic E-state index is 15.0. The van der Waals surface area contributed by atoms with Gasteiger partial charge in [-0.2, -0.15) is 4.31 Å². The molecular formula is C33H38FN3O5S. The van der Waals surface area contributed by atoms with E-state index in [9.17, 15) is 18.0 Å². The Bertz CT molecular complexity index is 1690. The Morgan fingerprint density at radius 2 is 1.72 bits per heavy atom. The molecule has 1 saturated heterocycles. The number of ketones is 1. The largest absolute Gasteiger partial charge is 0.497 e. The number of benzene rings is 2. The molecule has 2 heterocycles. The molecule has 0 spiro atoms. The molecule has 6 rings (SSSR count). The van der Waals surface area contributed by atoms with E-state index in [2.05, 4.69) is 0 Å². The Labute approximate surface area is 252 Å². The number of carbonyl (C=O) groups excluding carboxylic acids is 2. The van der Waals surface area contributed by atoms with E-state index >= 15 is 4.39 Å². The van der Waals surface area contributed by atoms with E-state index in [-0.39, 0.29) is 55.0 Å². The van der Waals surface area contributed by atoms with Crippen molar-refractivity contribution in [2.45, 2.75) is 40.0 Å². The van der Waals surface area contributed by atoms with E-state index in [0.717, 1.165) is 12.0 Å². The molecule has 3 fully saturated rings. The second-order valence-electron chi connectivity index (χ2n) is 12.7. The van der Waals surface area contributed by atoms with Crippen LogP contribution >= 0.6 is 0 Å². The molecule has 2 aliphatic carbocycles. The summed E-state index contributed by atoms with van der Waals surface area (Å²) in [5, 5.41) is 0. The van der Waals surface area contributed by atoms with Crippen molar-refractivity contribution in [2.24, 2.45) is 16.7 Å².